The van der Waals surface area contributed by atoms with Crippen LogP contribution in [0, 0.1) is 0 Å². The van der Waals surface area contributed by atoms with Crippen molar-refractivity contribution in [3.63, 3.8) is 0 Å². The van der Waals surface area contributed by atoms with Gasteiger partial charge in [0.25, 0.3) is 11.8 Å². The Morgan fingerprint density at radius 1 is 0.933 bits per heavy atom. The van der Waals surface area contributed by atoms with E-state index in [1.807, 2.05) is 10.9 Å². The minimum atomic E-state index is -0.957. The van der Waals surface area contributed by atoms with Crippen LogP contribution >= 0.6 is 0 Å². The summed E-state index contributed by atoms with van der Waals surface area (Å²) >= 11 is 0. The van der Waals surface area contributed by atoms with Crippen molar-refractivity contribution in [2.45, 2.75) is 37.8 Å². The van der Waals surface area contributed by atoms with E-state index < -0.39 is 23.8 Å². The number of carbonyl (C=O) groups is 4. The minimum Gasteiger partial charge on any atom is -0.317 e. The summed E-state index contributed by atoms with van der Waals surface area (Å²) in [5.74, 6) is -2.00. The maximum atomic E-state index is 13.0. The van der Waals surface area contributed by atoms with Crippen LogP contribution in [-0.2, 0) is 9.59 Å². The Bertz CT molecular complexity index is 1070. The van der Waals surface area contributed by atoms with Crippen LogP contribution in [0.3, 0.4) is 0 Å². The van der Waals surface area contributed by atoms with Crippen LogP contribution in [0.5, 0.6) is 0 Å². The molecule has 2 saturated heterocycles. The molecule has 2 fully saturated rings. The maximum Gasteiger partial charge on any atom is 0.262 e. The maximum absolute atomic E-state index is 13.0. The highest BCUT2D eigenvalue weighted by molar-refractivity contribution is 6.23. The Labute approximate surface area is 172 Å². The van der Waals surface area contributed by atoms with Gasteiger partial charge in [-0.25, -0.2) is 0 Å². The molecule has 3 aliphatic heterocycles. The fourth-order valence-corrected chi connectivity index (χ4v) is 4.41. The lowest BCUT2D eigenvalue weighted by molar-refractivity contribution is -0.136. The molecule has 0 saturated carbocycles. The summed E-state index contributed by atoms with van der Waals surface area (Å²) in [7, 11) is 0. The SMILES string of the molecule is O=C1CCC(N2C(=O)c3ccc(-c4cnn(C5CCNCC5)c4)cc3C2=O)C(=O)N1. The number of hydrogen-bond donors (Lipinski definition) is 2. The topological polar surface area (TPSA) is 113 Å². The minimum absolute atomic E-state index is 0.102. The molecule has 1 aromatic carbocycles. The second-order valence-corrected chi connectivity index (χ2v) is 7.90. The van der Waals surface area contributed by atoms with Gasteiger partial charge in [0, 0.05) is 18.2 Å². The Balaban J connectivity index is 1.42. The number of fused-ring (bicyclic) bond motifs is 1. The summed E-state index contributed by atoms with van der Waals surface area (Å²) in [6.07, 6.45) is 6.01. The molecule has 30 heavy (non-hydrogen) atoms. The molecule has 1 aromatic heterocycles. The summed E-state index contributed by atoms with van der Waals surface area (Å²) in [6.45, 7) is 1.93. The van der Waals surface area contributed by atoms with Gasteiger partial charge in [-0.05, 0) is 50.0 Å². The quantitative estimate of drug-likeness (QED) is 0.730. The zero-order chi connectivity index (χ0) is 20.8. The van der Waals surface area contributed by atoms with Gasteiger partial charge in [-0.3, -0.25) is 34.1 Å². The first-order chi connectivity index (χ1) is 14.5. The molecule has 1 atom stereocenters. The number of carbonyl (C=O) groups excluding carboxylic acids is 4. The predicted octanol–water partition coefficient (Wildman–Crippen LogP) is 0.876. The van der Waals surface area contributed by atoms with Crippen molar-refractivity contribution in [3.05, 3.63) is 41.7 Å². The zero-order valence-electron chi connectivity index (χ0n) is 16.3. The molecule has 9 nitrogen and oxygen atoms in total. The Hall–Kier alpha value is -3.33. The molecule has 154 valence electrons. The third kappa shape index (κ3) is 3.02. The molecule has 0 bridgehead atoms. The van der Waals surface area contributed by atoms with Crippen molar-refractivity contribution in [1.29, 1.82) is 0 Å². The van der Waals surface area contributed by atoms with E-state index in [1.54, 1.807) is 24.4 Å². The number of nitrogens with zero attached hydrogens (tertiary/aromatic N) is 3. The first-order valence-corrected chi connectivity index (χ1v) is 10.1. The lowest BCUT2D eigenvalue weighted by Crippen LogP contribution is -2.54. The monoisotopic (exact) mass is 407 g/mol. The number of aromatic nitrogens is 2. The molecular weight excluding hydrogens is 386 g/mol. The molecule has 3 aliphatic rings. The lowest BCUT2D eigenvalue weighted by Gasteiger charge is -2.27. The first-order valence-electron chi connectivity index (χ1n) is 10.1. The van der Waals surface area contributed by atoms with Crippen LogP contribution in [0.25, 0.3) is 11.1 Å². The fraction of sp³-hybridized carbons (Fsp3) is 0.381. The summed E-state index contributed by atoms with van der Waals surface area (Å²) in [5.41, 5.74) is 2.22. The van der Waals surface area contributed by atoms with E-state index in [4.69, 9.17) is 0 Å². The highest BCUT2D eigenvalue weighted by Gasteiger charge is 2.44. The van der Waals surface area contributed by atoms with Crippen molar-refractivity contribution < 1.29 is 19.2 Å². The molecule has 0 aliphatic carbocycles. The van der Waals surface area contributed by atoms with Gasteiger partial charge < -0.3 is 5.32 Å². The van der Waals surface area contributed by atoms with Crippen molar-refractivity contribution >= 4 is 23.6 Å². The van der Waals surface area contributed by atoms with Crippen LogP contribution in [0.1, 0.15) is 52.4 Å². The molecule has 4 heterocycles. The predicted molar refractivity (Wildman–Crippen MR) is 105 cm³/mol. The van der Waals surface area contributed by atoms with Gasteiger partial charge in [0.05, 0.1) is 23.4 Å². The molecular formula is C21H21N5O4. The highest BCUT2D eigenvalue weighted by Crippen LogP contribution is 2.31. The van der Waals surface area contributed by atoms with Crippen LogP contribution in [0.2, 0.25) is 0 Å². The number of benzene rings is 1. The first kappa shape index (κ1) is 18.7. The number of nitrogens with one attached hydrogen (secondary N) is 2. The fourth-order valence-electron chi connectivity index (χ4n) is 4.41. The van der Waals surface area contributed by atoms with Gasteiger partial charge in [0.1, 0.15) is 6.04 Å². The third-order valence-electron chi connectivity index (χ3n) is 6.06. The second-order valence-electron chi connectivity index (χ2n) is 7.90. The van der Waals surface area contributed by atoms with E-state index in [2.05, 4.69) is 15.7 Å². The normalized spacial score (nSPS) is 22.4. The summed E-state index contributed by atoms with van der Waals surface area (Å²) in [4.78, 5) is 50.4. The van der Waals surface area contributed by atoms with E-state index >= 15 is 0 Å². The molecule has 0 spiro atoms. The molecule has 1 unspecified atom stereocenters. The smallest absolute Gasteiger partial charge is 0.262 e. The van der Waals surface area contributed by atoms with Crippen LogP contribution in [0.4, 0.5) is 0 Å². The standard InChI is InChI=1S/C21H21N5O4/c27-18-4-3-17(19(28)24-18)26-20(29)15-2-1-12(9-16(15)21(26)30)13-10-23-25(11-13)14-5-7-22-8-6-14/h1-2,9-11,14,17,22H,3-8H2,(H,24,27,28). The van der Waals surface area contributed by atoms with E-state index in [0.29, 0.717) is 6.04 Å². The highest BCUT2D eigenvalue weighted by atomic mass is 16.2. The summed E-state index contributed by atoms with van der Waals surface area (Å²) in [5, 5.41) is 10.0. The van der Waals surface area contributed by atoms with Crippen LogP contribution in [-0.4, -0.2) is 57.4 Å². The molecule has 9 heteroatoms. The van der Waals surface area contributed by atoms with Gasteiger partial charge in [-0.1, -0.05) is 6.07 Å². The number of rotatable bonds is 3. The van der Waals surface area contributed by atoms with Gasteiger partial charge >= 0.3 is 0 Å². The van der Waals surface area contributed by atoms with Crippen LogP contribution < -0.4 is 10.6 Å². The molecule has 2 N–H and O–H groups in total. The summed E-state index contributed by atoms with van der Waals surface area (Å²) in [6, 6.07) is 4.49. The second kappa shape index (κ2) is 7.17. The van der Waals surface area contributed by atoms with Crippen molar-refractivity contribution in [3.8, 4) is 11.1 Å². The Kier molecular flexibility index (Phi) is 4.47. The number of piperidine rings is 2. The lowest BCUT2D eigenvalue weighted by atomic mass is 10.0. The molecule has 2 aromatic rings. The molecule has 4 amide bonds. The molecule has 5 rings (SSSR count). The van der Waals surface area contributed by atoms with Gasteiger partial charge in [0.15, 0.2) is 0 Å². The Morgan fingerprint density at radius 2 is 1.70 bits per heavy atom. The van der Waals surface area contributed by atoms with Crippen molar-refractivity contribution in [2.24, 2.45) is 0 Å². The largest absolute Gasteiger partial charge is 0.317 e. The average molecular weight is 407 g/mol. The Morgan fingerprint density at radius 3 is 2.47 bits per heavy atom. The summed E-state index contributed by atoms with van der Waals surface area (Å²) < 4.78 is 1.96. The number of amides is 4. The van der Waals surface area contributed by atoms with Gasteiger partial charge in [-0.15, -0.1) is 0 Å². The van der Waals surface area contributed by atoms with E-state index in [-0.39, 0.29) is 29.9 Å². The van der Waals surface area contributed by atoms with E-state index in [0.717, 1.165) is 42.0 Å². The third-order valence-corrected chi connectivity index (χ3v) is 6.06. The van der Waals surface area contributed by atoms with E-state index in [9.17, 15) is 19.2 Å². The average Bonchev–Trinajstić information content (AvgIpc) is 3.34. The molecule has 0 radical (unpaired) electrons. The van der Waals surface area contributed by atoms with Gasteiger partial charge in [0.2, 0.25) is 11.8 Å². The van der Waals surface area contributed by atoms with Gasteiger partial charge in [-0.2, -0.15) is 5.10 Å². The van der Waals surface area contributed by atoms with Crippen molar-refractivity contribution in [2.75, 3.05) is 13.1 Å². The number of imide groups is 2. The van der Waals surface area contributed by atoms with Crippen molar-refractivity contribution in [1.82, 2.24) is 25.3 Å². The zero-order valence-corrected chi connectivity index (χ0v) is 16.3. The number of hydrogen-bond acceptors (Lipinski definition) is 6. The van der Waals surface area contributed by atoms with E-state index in [1.165, 1.54) is 0 Å². The van der Waals surface area contributed by atoms with Crippen LogP contribution in [0.15, 0.2) is 30.6 Å².